The lowest BCUT2D eigenvalue weighted by Crippen LogP contribution is -2.34. The van der Waals surface area contributed by atoms with Gasteiger partial charge in [0.15, 0.2) is 0 Å². The first-order valence-electron chi connectivity index (χ1n) is 6.43. The van der Waals surface area contributed by atoms with Crippen molar-refractivity contribution in [3.05, 3.63) is 34.6 Å². The van der Waals surface area contributed by atoms with Crippen LogP contribution in [0.4, 0.5) is 4.39 Å². The highest BCUT2D eigenvalue weighted by atomic mass is 35.5. The molecule has 1 aromatic rings. The van der Waals surface area contributed by atoms with Crippen molar-refractivity contribution in [2.45, 2.75) is 32.7 Å². The van der Waals surface area contributed by atoms with Gasteiger partial charge in [0.05, 0.1) is 0 Å². The fourth-order valence-corrected chi connectivity index (χ4v) is 2.77. The number of hydrogen-bond acceptors (Lipinski definition) is 2. The Kier molecular flexibility index (Phi) is 7.71. The lowest BCUT2D eigenvalue weighted by Gasteiger charge is -2.19. The fourth-order valence-electron chi connectivity index (χ4n) is 1.77. The second-order valence-corrected chi connectivity index (χ2v) is 5.94. The molecular formula is C14H21ClFNS. The van der Waals surface area contributed by atoms with E-state index in [2.05, 4.69) is 19.2 Å². The molecule has 1 N–H and O–H groups in total. The van der Waals surface area contributed by atoms with Gasteiger partial charge in [-0.3, -0.25) is 0 Å². The maximum absolute atomic E-state index is 13.7. The number of hydrogen-bond donors (Lipinski definition) is 1. The zero-order valence-corrected chi connectivity index (χ0v) is 12.6. The minimum atomic E-state index is -0.202. The highest BCUT2D eigenvalue weighted by Crippen LogP contribution is 2.21. The second kappa shape index (κ2) is 8.78. The summed E-state index contributed by atoms with van der Waals surface area (Å²) in [4.78, 5) is 0. The Morgan fingerprint density at radius 3 is 2.78 bits per heavy atom. The van der Waals surface area contributed by atoms with Crippen molar-refractivity contribution in [2.24, 2.45) is 0 Å². The van der Waals surface area contributed by atoms with Crippen LogP contribution in [0, 0.1) is 5.82 Å². The standard InChI is InChI=1S/C14H21ClFNS/c1-3-8-17-11(10-18-4-2)9-12-13(15)6-5-7-14(12)16/h5-7,11,17H,3-4,8-10H2,1-2H3. The molecule has 0 radical (unpaired) electrons. The highest BCUT2D eigenvalue weighted by Gasteiger charge is 2.14. The van der Waals surface area contributed by atoms with Gasteiger partial charge in [-0.25, -0.2) is 4.39 Å². The molecule has 0 bridgehead atoms. The Morgan fingerprint density at radius 2 is 2.17 bits per heavy atom. The summed E-state index contributed by atoms with van der Waals surface area (Å²) in [5.41, 5.74) is 0.629. The third-order valence-corrected chi connectivity index (χ3v) is 4.12. The largest absolute Gasteiger partial charge is 0.313 e. The molecule has 1 nitrogen and oxygen atoms in total. The van der Waals surface area contributed by atoms with E-state index in [0.717, 1.165) is 24.5 Å². The molecule has 0 aromatic heterocycles. The van der Waals surface area contributed by atoms with Gasteiger partial charge in [0.2, 0.25) is 0 Å². The van der Waals surface area contributed by atoms with E-state index in [-0.39, 0.29) is 11.9 Å². The van der Waals surface area contributed by atoms with Gasteiger partial charge in [0.25, 0.3) is 0 Å². The maximum Gasteiger partial charge on any atom is 0.127 e. The number of nitrogens with one attached hydrogen (secondary N) is 1. The van der Waals surface area contributed by atoms with Gasteiger partial charge >= 0.3 is 0 Å². The Labute approximate surface area is 118 Å². The molecule has 0 aliphatic rings. The minimum Gasteiger partial charge on any atom is -0.313 e. The molecule has 18 heavy (non-hydrogen) atoms. The van der Waals surface area contributed by atoms with Gasteiger partial charge in [-0.1, -0.05) is 31.5 Å². The van der Waals surface area contributed by atoms with Crippen LogP contribution in [0.25, 0.3) is 0 Å². The topological polar surface area (TPSA) is 12.0 Å². The molecule has 0 spiro atoms. The lowest BCUT2D eigenvalue weighted by atomic mass is 10.1. The summed E-state index contributed by atoms with van der Waals surface area (Å²) in [6, 6.07) is 5.16. The van der Waals surface area contributed by atoms with Gasteiger partial charge in [0.1, 0.15) is 5.82 Å². The summed E-state index contributed by atoms with van der Waals surface area (Å²) in [6.45, 7) is 5.23. The van der Waals surface area contributed by atoms with E-state index in [4.69, 9.17) is 11.6 Å². The molecule has 0 heterocycles. The van der Waals surface area contributed by atoms with Crippen molar-refractivity contribution in [3.8, 4) is 0 Å². The van der Waals surface area contributed by atoms with Crippen molar-refractivity contribution >= 4 is 23.4 Å². The fraction of sp³-hybridized carbons (Fsp3) is 0.571. The maximum atomic E-state index is 13.7. The van der Waals surface area contributed by atoms with E-state index in [1.807, 2.05) is 11.8 Å². The van der Waals surface area contributed by atoms with Crippen LogP contribution in [0.5, 0.6) is 0 Å². The summed E-state index contributed by atoms with van der Waals surface area (Å²) in [7, 11) is 0. The van der Waals surface area contributed by atoms with Crippen molar-refractivity contribution < 1.29 is 4.39 Å². The van der Waals surface area contributed by atoms with Crippen LogP contribution >= 0.6 is 23.4 Å². The van der Waals surface area contributed by atoms with Crippen LogP contribution in [-0.2, 0) is 6.42 Å². The van der Waals surface area contributed by atoms with Crippen molar-refractivity contribution in [1.82, 2.24) is 5.32 Å². The van der Waals surface area contributed by atoms with Crippen molar-refractivity contribution in [3.63, 3.8) is 0 Å². The Balaban J connectivity index is 2.68. The predicted molar refractivity (Wildman–Crippen MR) is 80.2 cm³/mol. The van der Waals surface area contributed by atoms with Crippen molar-refractivity contribution in [1.29, 1.82) is 0 Å². The highest BCUT2D eigenvalue weighted by molar-refractivity contribution is 7.99. The number of halogens is 2. The molecule has 1 rings (SSSR count). The van der Waals surface area contributed by atoms with E-state index in [1.54, 1.807) is 12.1 Å². The molecule has 4 heteroatoms. The molecular weight excluding hydrogens is 269 g/mol. The molecule has 1 unspecified atom stereocenters. The zero-order chi connectivity index (χ0) is 13.4. The summed E-state index contributed by atoms with van der Waals surface area (Å²) in [5, 5.41) is 3.99. The van der Waals surface area contributed by atoms with Crippen molar-refractivity contribution in [2.75, 3.05) is 18.1 Å². The van der Waals surface area contributed by atoms with Crippen LogP contribution in [0.15, 0.2) is 18.2 Å². The molecule has 1 aromatic carbocycles. The SMILES string of the molecule is CCCNC(CSCC)Cc1c(F)cccc1Cl. The summed E-state index contributed by atoms with van der Waals surface area (Å²) in [5.74, 6) is 1.86. The number of benzene rings is 1. The van der Waals surface area contributed by atoms with Crippen LogP contribution in [0.3, 0.4) is 0 Å². The molecule has 102 valence electrons. The Bertz CT molecular complexity index is 331. The molecule has 0 saturated heterocycles. The van der Waals surface area contributed by atoms with Gasteiger partial charge < -0.3 is 5.32 Å². The Morgan fingerprint density at radius 1 is 1.39 bits per heavy atom. The van der Waals surface area contributed by atoms with E-state index < -0.39 is 0 Å². The van der Waals surface area contributed by atoms with Gasteiger partial charge in [-0.05, 0) is 37.3 Å². The van der Waals surface area contributed by atoms with E-state index in [0.29, 0.717) is 17.0 Å². The predicted octanol–water partition coefficient (Wildman–Crippen LogP) is 4.14. The first kappa shape index (κ1) is 15.8. The monoisotopic (exact) mass is 289 g/mol. The Hall–Kier alpha value is -0.250. The average Bonchev–Trinajstić information content (AvgIpc) is 2.36. The third-order valence-electron chi connectivity index (χ3n) is 2.72. The minimum absolute atomic E-state index is 0.202. The first-order chi connectivity index (χ1) is 8.69. The summed E-state index contributed by atoms with van der Waals surface area (Å²) >= 11 is 7.94. The summed E-state index contributed by atoms with van der Waals surface area (Å²) in [6.07, 6.45) is 1.73. The molecule has 0 amide bonds. The average molecular weight is 290 g/mol. The first-order valence-corrected chi connectivity index (χ1v) is 7.96. The second-order valence-electron chi connectivity index (χ2n) is 4.21. The lowest BCUT2D eigenvalue weighted by molar-refractivity contribution is 0.531. The smallest absolute Gasteiger partial charge is 0.127 e. The molecule has 0 aliphatic heterocycles. The van der Waals surface area contributed by atoms with E-state index in [9.17, 15) is 4.39 Å². The molecule has 1 atom stereocenters. The normalized spacial score (nSPS) is 12.7. The summed E-state index contributed by atoms with van der Waals surface area (Å²) < 4.78 is 13.7. The van der Waals surface area contributed by atoms with Crippen LogP contribution in [0.1, 0.15) is 25.8 Å². The zero-order valence-electron chi connectivity index (χ0n) is 11.0. The van der Waals surface area contributed by atoms with Gasteiger partial charge in [0, 0.05) is 22.4 Å². The molecule has 0 fully saturated rings. The van der Waals surface area contributed by atoms with Gasteiger partial charge in [-0.2, -0.15) is 11.8 Å². The quantitative estimate of drug-likeness (QED) is 0.772. The molecule has 0 aliphatic carbocycles. The van der Waals surface area contributed by atoms with Gasteiger partial charge in [-0.15, -0.1) is 0 Å². The van der Waals surface area contributed by atoms with Crippen LogP contribution < -0.4 is 5.32 Å². The van der Waals surface area contributed by atoms with E-state index in [1.165, 1.54) is 6.07 Å². The number of thioether (sulfide) groups is 1. The van der Waals surface area contributed by atoms with E-state index >= 15 is 0 Å². The third kappa shape index (κ3) is 5.17. The molecule has 0 saturated carbocycles. The number of rotatable bonds is 8. The van der Waals surface area contributed by atoms with Crippen LogP contribution in [0.2, 0.25) is 5.02 Å². The van der Waals surface area contributed by atoms with Crippen LogP contribution in [-0.4, -0.2) is 24.1 Å².